The van der Waals surface area contributed by atoms with Gasteiger partial charge in [0.1, 0.15) is 5.54 Å². The van der Waals surface area contributed by atoms with Gasteiger partial charge in [-0.1, -0.05) is 0 Å². The largest absolute Gasteiger partial charge is 0.480 e. The third kappa shape index (κ3) is 2.40. The Morgan fingerprint density at radius 1 is 1.24 bits per heavy atom. The van der Waals surface area contributed by atoms with Crippen LogP contribution in [0.5, 0.6) is 0 Å². The third-order valence-corrected chi connectivity index (χ3v) is 3.72. The average Bonchev–Trinajstić information content (AvgIpc) is 3.13. The molecule has 1 aromatic carbocycles. The van der Waals surface area contributed by atoms with Crippen molar-refractivity contribution in [2.24, 2.45) is 0 Å². The fraction of sp³-hybridized carbons (Fsp3) is 0.267. The fourth-order valence-electron chi connectivity index (χ4n) is 2.20. The number of carboxylic acids is 1. The van der Waals surface area contributed by atoms with E-state index in [2.05, 4.69) is 10.4 Å². The molecule has 1 aliphatic rings. The van der Waals surface area contributed by atoms with Crippen LogP contribution in [0.3, 0.4) is 0 Å². The first-order chi connectivity index (χ1) is 10.0. The summed E-state index contributed by atoms with van der Waals surface area (Å²) >= 11 is 0. The maximum atomic E-state index is 12.1. The molecule has 0 spiro atoms. The minimum Gasteiger partial charge on any atom is -0.480 e. The van der Waals surface area contributed by atoms with Gasteiger partial charge in [0.2, 0.25) is 0 Å². The molecule has 1 fully saturated rings. The summed E-state index contributed by atoms with van der Waals surface area (Å²) in [6.45, 7) is 1.94. The highest BCUT2D eigenvalue weighted by Crippen LogP contribution is 2.35. The molecule has 2 aromatic rings. The summed E-state index contributed by atoms with van der Waals surface area (Å²) in [7, 11) is 0. The van der Waals surface area contributed by atoms with Crippen molar-refractivity contribution < 1.29 is 14.7 Å². The molecule has 1 saturated carbocycles. The number of aromatic nitrogens is 2. The van der Waals surface area contributed by atoms with Crippen LogP contribution in [0, 0.1) is 6.92 Å². The number of nitrogens with one attached hydrogen (secondary N) is 1. The molecule has 1 amide bonds. The minimum atomic E-state index is -1.06. The third-order valence-electron chi connectivity index (χ3n) is 3.72. The van der Waals surface area contributed by atoms with Gasteiger partial charge in [-0.3, -0.25) is 4.79 Å². The van der Waals surface area contributed by atoms with Gasteiger partial charge in [-0.15, -0.1) is 0 Å². The first kappa shape index (κ1) is 13.4. The van der Waals surface area contributed by atoms with Crippen LogP contribution >= 0.6 is 0 Å². The Kier molecular flexibility index (Phi) is 3.01. The van der Waals surface area contributed by atoms with Crippen molar-refractivity contribution in [1.29, 1.82) is 0 Å². The zero-order chi connectivity index (χ0) is 15.0. The van der Waals surface area contributed by atoms with E-state index in [1.165, 1.54) is 0 Å². The van der Waals surface area contributed by atoms with E-state index in [0.717, 1.165) is 11.4 Å². The molecule has 0 atom stereocenters. The second-order valence-electron chi connectivity index (χ2n) is 5.27. The van der Waals surface area contributed by atoms with Crippen molar-refractivity contribution in [2.75, 3.05) is 0 Å². The number of rotatable bonds is 4. The second kappa shape index (κ2) is 4.73. The van der Waals surface area contributed by atoms with Gasteiger partial charge in [-0.05, 0) is 50.1 Å². The average molecular weight is 285 g/mol. The standard InChI is InChI=1S/C15H15N3O3/c1-10-6-9-16-18(10)12-4-2-11(3-5-12)13(19)17-15(7-8-15)14(20)21/h2-6,9H,7-8H2,1H3,(H,17,19)(H,20,21). The molecule has 6 nitrogen and oxygen atoms in total. The predicted molar refractivity (Wildman–Crippen MR) is 75.4 cm³/mol. The summed E-state index contributed by atoms with van der Waals surface area (Å²) in [4.78, 5) is 23.1. The Bertz CT molecular complexity index is 699. The van der Waals surface area contributed by atoms with Crippen molar-refractivity contribution in [2.45, 2.75) is 25.3 Å². The SMILES string of the molecule is Cc1ccnn1-c1ccc(C(=O)NC2(C(=O)O)CC2)cc1. The summed E-state index contributed by atoms with van der Waals surface area (Å²) in [5.41, 5.74) is 1.23. The van der Waals surface area contributed by atoms with Gasteiger partial charge in [0.15, 0.2) is 0 Å². The highest BCUT2D eigenvalue weighted by atomic mass is 16.4. The molecule has 0 aliphatic heterocycles. The number of nitrogens with zero attached hydrogens (tertiary/aromatic N) is 2. The molecule has 3 rings (SSSR count). The molecule has 6 heteroatoms. The predicted octanol–water partition coefficient (Wildman–Crippen LogP) is 1.53. The first-order valence-corrected chi connectivity index (χ1v) is 6.69. The molecule has 1 aliphatic carbocycles. The van der Waals surface area contributed by atoms with Crippen LogP contribution in [-0.2, 0) is 4.79 Å². The minimum absolute atomic E-state index is 0.362. The summed E-state index contributed by atoms with van der Waals surface area (Å²) in [6.07, 6.45) is 2.68. The Labute approximate surface area is 121 Å². The van der Waals surface area contributed by atoms with E-state index >= 15 is 0 Å². The fourth-order valence-corrected chi connectivity index (χ4v) is 2.20. The van der Waals surface area contributed by atoms with Crippen LogP contribution in [0.4, 0.5) is 0 Å². The number of carbonyl (C=O) groups excluding carboxylic acids is 1. The zero-order valence-corrected chi connectivity index (χ0v) is 11.5. The molecule has 1 aromatic heterocycles. The van der Waals surface area contributed by atoms with Crippen LogP contribution in [0.1, 0.15) is 28.9 Å². The summed E-state index contributed by atoms with van der Waals surface area (Å²) in [5, 5.41) is 15.9. The Balaban J connectivity index is 1.77. The van der Waals surface area contributed by atoms with E-state index < -0.39 is 11.5 Å². The summed E-state index contributed by atoms with van der Waals surface area (Å²) in [5.74, 6) is -1.33. The van der Waals surface area contributed by atoms with Crippen molar-refractivity contribution >= 4 is 11.9 Å². The number of benzene rings is 1. The summed E-state index contributed by atoms with van der Waals surface area (Å²) < 4.78 is 1.77. The normalized spacial score (nSPS) is 15.5. The van der Waals surface area contributed by atoms with E-state index in [9.17, 15) is 9.59 Å². The quantitative estimate of drug-likeness (QED) is 0.892. The number of amides is 1. The number of hydrogen-bond acceptors (Lipinski definition) is 3. The van der Waals surface area contributed by atoms with Crippen molar-refractivity contribution in [1.82, 2.24) is 15.1 Å². The highest BCUT2D eigenvalue weighted by Gasteiger charge is 2.51. The second-order valence-corrected chi connectivity index (χ2v) is 5.27. The van der Waals surface area contributed by atoms with Crippen LogP contribution in [0.15, 0.2) is 36.5 Å². The molecule has 0 unspecified atom stereocenters. The van der Waals surface area contributed by atoms with Crippen LogP contribution < -0.4 is 5.32 Å². The van der Waals surface area contributed by atoms with Gasteiger partial charge < -0.3 is 10.4 Å². The molecule has 1 heterocycles. The molecular weight excluding hydrogens is 270 g/mol. The van der Waals surface area contributed by atoms with Crippen LogP contribution in [-0.4, -0.2) is 32.3 Å². The van der Waals surface area contributed by atoms with Crippen molar-refractivity contribution in [3.05, 3.63) is 47.8 Å². The number of aryl methyl sites for hydroxylation is 1. The molecule has 0 bridgehead atoms. The van der Waals surface area contributed by atoms with Gasteiger partial charge in [-0.25, -0.2) is 9.48 Å². The smallest absolute Gasteiger partial charge is 0.329 e. The van der Waals surface area contributed by atoms with Crippen LogP contribution in [0.2, 0.25) is 0 Å². The van der Waals surface area contributed by atoms with Crippen LogP contribution in [0.25, 0.3) is 5.69 Å². The van der Waals surface area contributed by atoms with Crippen molar-refractivity contribution in [3.8, 4) is 5.69 Å². The first-order valence-electron chi connectivity index (χ1n) is 6.69. The number of aliphatic carboxylic acids is 1. The molecule has 0 radical (unpaired) electrons. The lowest BCUT2D eigenvalue weighted by molar-refractivity contribution is -0.140. The molecular formula is C15H15N3O3. The number of carboxylic acid groups (broad SMARTS) is 1. The lowest BCUT2D eigenvalue weighted by Crippen LogP contribution is -2.43. The van der Waals surface area contributed by atoms with Crippen molar-refractivity contribution in [3.63, 3.8) is 0 Å². The number of carbonyl (C=O) groups is 2. The van der Waals surface area contributed by atoms with E-state index in [1.807, 2.05) is 13.0 Å². The zero-order valence-electron chi connectivity index (χ0n) is 11.5. The van der Waals surface area contributed by atoms with Gasteiger partial charge in [0.05, 0.1) is 5.69 Å². The lowest BCUT2D eigenvalue weighted by atomic mass is 10.1. The monoisotopic (exact) mass is 285 g/mol. The molecule has 108 valence electrons. The topological polar surface area (TPSA) is 84.2 Å². The van der Waals surface area contributed by atoms with Gasteiger partial charge in [-0.2, -0.15) is 5.10 Å². The van der Waals surface area contributed by atoms with Gasteiger partial charge >= 0.3 is 5.97 Å². The summed E-state index contributed by atoms with van der Waals surface area (Å²) in [6, 6.07) is 8.81. The maximum absolute atomic E-state index is 12.1. The van der Waals surface area contributed by atoms with Gasteiger partial charge in [0, 0.05) is 17.5 Å². The Morgan fingerprint density at radius 3 is 2.38 bits per heavy atom. The van der Waals surface area contributed by atoms with Gasteiger partial charge in [0.25, 0.3) is 5.91 Å². The molecule has 2 N–H and O–H groups in total. The lowest BCUT2D eigenvalue weighted by Gasteiger charge is -2.12. The maximum Gasteiger partial charge on any atom is 0.329 e. The highest BCUT2D eigenvalue weighted by molar-refractivity contribution is 5.99. The Hall–Kier alpha value is -2.63. The molecule has 0 saturated heterocycles. The molecule has 21 heavy (non-hydrogen) atoms. The van der Waals surface area contributed by atoms with E-state index in [0.29, 0.717) is 18.4 Å². The number of hydrogen-bond donors (Lipinski definition) is 2. The van der Waals surface area contributed by atoms with E-state index in [-0.39, 0.29) is 5.91 Å². The van der Waals surface area contributed by atoms with E-state index in [1.54, 1.807) is 35.1 Å². The van der Waals surface area contributed by atoms with E-state index in [4.69, 9.17) is 5.11 Å². The Morgan fingerprint density at radius 2 is 1.90 bits per heavy atom.